The molecule has 1 unspecified atom stereocenters. The first-order valence-corrected chi connectivity index (χ1v) is 6.38. The minimum absolute atomic E-state index is 0.0435. The second-order valence-corrected chi connectivity index (χ2v) is 5.06. The first-order chi connectivity index (χ1) is 9.64. The fourth-order valence-corrected chi connectivity index (χ4v) is 2.90. The van der Waals surface area contributed by atoms with E-state index in [-0.39, 0.29) is 11.7 Å². The molecule has 1 atom stereocenters. The molecule has 2 aliphatic rings. The van der Waals surface area contributed by atoms with Crippen molar-refractivity contribution in [2.24, 2.45) is 4.99 Å². The van der Waals surface area contributed by atoms with Gasteiger partial charge in [-0.1, -0.05) is 30.3 Å². The van der Waals surface area contributed by atoms with E-state index in [2.05, 4.69) is 4.99 Å². The van der Waals surface area contributed by atoms with Crippen LogP contribution < -0.4 is 4.90 Å². The average molecular weight is 266 g/mol. The zero-order valence-electron chi connectivity index (χ0n) is 10.8. The lowest BCUT2D eigenvalue weighted by Gasteiger charge is -2.09. The zero-order chi connectivity index (χ0) is 13.9. The molecule has 0 aromatic heterocycles. The van der Waals surface area contributed by atoms with Crippen LogP contribution in [0.1, 0.15) is 11.1 Å². The Kier molecular flexibility index (Phi) is 2.01. The Morgan fingerprint density at radius 1 is 1.10 bits per heavy atom. The number of anilines is 1. The fourth-order valence-electron chi connectivity index (χ4n) is 2.90. The highest BCUT2D eigenvalue weighted by atomic mass is 19.1. The summed E-state index contributed by atoms with van der Waals surface area (Å²) in [4.78, 5) is 18.6. The zero-order valence-corrected chi connectivity index (χ0v) is 10.8. The van der Waals surface area contributed by atoms with Crippen molar-refractivity contribution in [3.63, 3.8) is 0 Å². The molecule has 1 amide bonds. The number of para-hydroxylation sites is 1. The summed E-state index contributed by atoms with van der Waals surface area (Å²) >= 11 is 0. The lowest BCUT2D eigenvalue weighted by atomic mass is 9.91. The molecule has 2 aliphatic heterocycles. The summed E-state index contributed by atoms with van der Waals surface area (Å²) in [7, 11) is 1.76. The smallest absolute Gasteiger partial charge is 0.265 e. The van der Waals surface area contributed by atoms with Crippen LogP contribution in [0.3, 0.4) is 0 Å². The normalized spacial score (nSPS) is 23.0. The van der Waals surface area contributed by atoms with Crippen LogP contribution in [0.4, 0.5) is 10.1 Å². The lowest BCUT2D eigenvalue weighted by Crippen LogP contribution is -2.32. The summed E-state index contributed by atoms with van der Waals surface area (Å²) in [5, 5.41) is 0. The highest BCUT2D eigenvalue weighted by Crippen LogP contribution is 2.52. The van der Waals surface area contributed by atoms with E-state index >= 15 is 0 Å². The molecule has 0 saturated carbocycles. The topological polar surface area (TPSA) is 32.7 Å². The van der Waals surface area contributed by atoms with Gasteiger partial charge in [0.05, 0.1) is 5.71 Å². The lowest BCUT2D eigenvalue weighted by molar-refractivity contribution is -0.119. The molecule has 0 saturated heterocycles. The van der Waals surface area contributed by atoms with Gasteiger partial charge in [-0.3, -0.25) is 9.79 Å². The number of nitrogens with zero attached hydrogens (tertiary/aromatic N) is 2. The van der Waals surface area contributed by atoms with Gasteiger partial charge in [0, 0.05) is 18.3 Å². The number of rotatable bonds is 1. The van der Waals surface area contributed by atoms with Crippen LogP contribution in [0.25, 0.3) is 0 Å². The molecule has 3 nitrogen and oxygen atoms in total. The number of benzene rings is 2. The molecule has 4 rings (SSSR count). The number of hydrogen-bond donors (Lipinski definition) is 0. The Labute approximate surface area is 115 Å². The van der Waals surface area contributed by atoms with Crippen molar-refractivity contribution >= 4 is 17.3 Å². The van der Waals surface area contributed by atoms with Gasteiger partial charge in [-0.2, -0.15) is 0 Å². The van der Waals surface area contributed by atoms with Gasteiger partial charge in [0.25, 0.3) is 5.91 Å². The summed E-state index contributed by atoms with van der Waals surface area (Å²) < 4.78 is 13.0. The van der Waals surface area contributed by atoms with Crippen LogP contribution in [0.15, 0.2) is 53.5 Å². The van der Waals surface area contributed by atoms with E-state index in [1.807, 2.05) is 24.3 Å². The molecule has 2 aromatic rings. The minimum Gasteiger partial charge on any atom is -0.312 e. The van der Waals surface area contributed by atoms with Crippen molar-refractivity contribution in [3.8, 4) is 0 Å². The Balaban J connectivity index is 1.82. The summed E-state index contributed by atoms with van der Waals surface area (Å²) in [5.74, 6) is -0.336. The van der Waals surface area contributed by atoms with E-state index in [1.54, 1.807) is 24.1 Å². The molecule has 1 spiro atoms. The number of halogens is 1. The monoisotopic (exact) mass is 266 g/mol. The first kappa shape index (κ1) is 11.3. The quantitative estimate of drug-likeness (QED) is 0.780. The highest BCUT2D eigenvalue weighted by molar-refractivity contribution is 6.35. The maximum atomic E-state index is 13.0. The Hall–Kier alpha value is -2.49. The SMILES string of the molecule is CN1C(=O)C2(N=C2c2ccc(F)cc2)c2ccccc21. The summed E-state index contributed by atoms with van der Waals surface area (Å²) in [6.07, 6.45) is 0. The summed E-state index contributed by atoms with van der Waals surface area (Å²) in [5.41, 5.74) is 2.44. The summed E-state index contributed by atoms with van der Waals surface area (Å²) in [6, 6.07) is 13.8. The predicted octanol–water partition coefficient (Wildman–Crippen LogP) is 2.50. The number of aliphatic imine (C=N–C) groups is 1. The Morgan fingerprint density at radius 2 is 1.80 bits per heavy atom. The maximum Gasteiger partial charge on any atom is 0.265 e. The van der Waals surface area contributed by atoms with Gasteiger partial charge in [-0.15, -0.1) is 0 Å². The number of likely N-dealkylation sites (N-methyl/N-ethyl adjacent to an activating group) is 1. The van der Waals surface area contributed by atoms with Gasteiger partial charge in [-0.25, -0.2) is 4.39 Å². The highest BCUT2D eigenvalue weighted by Gasteiger charge is 2.62. The van der Waals surface area contributed by atoms with E-state index in [0.717, 1.165) is 22.5 Å². The van der Waals surface area contributed by atoms with Crippen molar-refractivity contribution in [2.75, 3.05) is 11.9 Å². The van der Waals surface area contributed by atoms with Crippen molar-refractivity contribution in [3.05, 3.63) is 65.5 Å². The van der Waals surface area contributed by atoms with Crippen LogP contribution in [0.5, 0.6) is 0 Å². The van der Waals surface area contributed by atoms with Gasteiger partial charge in [0.2, 0.25) is 5.54 Å². The van der Waals surface area contributed by atoms with Crippen molar-refractivity contribution < 1.29 is 9.18 Å². The number of carbonyl (C=O) groups is 1. The van der Waals surface area contributed by atoms with E-state index in [4.69, 9.17) is 0 Å². The molecule has 98 valence electrons. The third kappa shape index (κ3) is 1.23. The van der Waals surface area contributed by atoms with Gasteiger partial charge in [0.15, 0.2) is 0 Å². The van der Waals surface area contributed by atoms with Gasteiger partial charge in [-0.05, 0) is 23.8 Å². The van der Waals surface area contributed by atoms with E-state index in [0.29, 0.717) is 0 Å². The predicted molar refractivity (Wildman–Crippen MR) is 74.5 cm³/mol. The fraction of sp³-hybridized carbons (Fsp3) is 0.125. The standard InChI is InChI=1S/C16H11FN2O/c1-19-13-5-3-2-4-12(13)16(15(19)20)14(18-16)10-6-8-11(17)9-7-10/h2-9H,1H3. The molecular weight excluding hydrogens is 255 g/mol. The second kappa shape index (κ2) is 3.54. The molecule has 0 N–H and O–H groups in total. The molecule has 0 bridgehead atoms. The largest absolute Gasteiger partial charge is 0.312 e. The maximum absolute atomic E-state index is 13.0. The Bertz CT molecular complexity index is 766. The van der Waals surface area contributed by atoms with E-state index < -0.39 is 5.54 Å². The van der Waals surface area contributed by atoms with E-state index in [1.165, 1.54) is 12.1 Å². The minimum atomic E-state index is -0.872. The van der Waals surface area contributed by atoms with Crippen molar-refractivity contribution in [1.29, 1.82) is 0 Å². The second-order valence-electron chi connectivity index (χ2n) is 5.06. The molecule has 20 heavy (non-hydrogen) atoms. The van der Waals surface area contributed by atoms with Crippen molar-refractivity contribution in [2.45, 2.75) is 5.54 Å². The number of carbonyl (C=O) groups excluding carboxylic acids is 1. The first-order valence-electron chi connectivity index (χ1n) is 6.38. The molecule has 2 heterocycles. The summed E-state index contributed by atoms with van der Waals surface area (Å²) in [6.45, 7) is 0. The van der Waals surface area contributed by atoms with Crippen LogP contribution in [0, 0.1) is 5.82 Å². The Morgan fingerprint density at radius 3 is 2.55 bits per heavy atom. The van der Waals surface area contributed by atoms with Crippen molar-refractivity contribution in [1.82, 2.24) is 0 Å². The van der Waals surface area contributed by atoms with Crippen LogP contribution in [0.2, 0.25) is 0 Å². The van der Waals surface area contributed by atoms with Crippen LogP contribution in [-0.4, -0.2) is 18.7 Å². The molecular formula is C16H11FN2O. The molecule has 0 fully saturated rings. The van der Waals surface area contributed by atoms with Gasteiger partial charge < -0.3 is 4.90 Å². The third-order valence-corrected chi connectivity index (χ3v) is 3.96. The molecule has 2 aromatic carbocycles. The number of fused-ring (bicyclic) bond motifs is 2. The number of amides is 1. The van der Waals surface area contributed by atoms with E-state index in [9.17, 15) is 9.18 Å². The molecule has 0 radical (unpaired) electrons. The van der Waals surface area contributed by atoms with Crippen LogP contribution in [-0.2, 0) is 10.3 Å². The number of hydrogen-bond acceptors (Lipinski definition) is 2. The molecule has 0 aliphatic carbocycles. The van der Waals surface area contributed by atoms with Gasteiger partial charge >= 0.3 is 0 Å². The van der Waals surface area contributed by atoms with Gasteiger partial charge in [0.1, 0.15) is 5.82 Å². The average Bonchev–Trinajstić information content (AvgIpc) is 3.19. The molecule has 4 heteroatoms. The van der Waals surface area contributed by atoms with Crippen LogP contribution >= 0.6 is 0 Å². The third-order valence-electron chi connectivity index (χ3n) is 3.96.